The Morgan fingerprint density at radius 1 is 1.24 bits per heavy atom. The second kappa shape index (κ2) is 10.6. The third-order valence-corrected chi connectivity index (χ3v) is 4.17. The highest BCUT2D eigenvalue weighted by Crippen LogP contribution is 2.28. The van der Waals surface area contributed by atoms with E-state index < -0.39 is 0 Å². The molecular formula is C23H24N2O4. The van der Waals surface area contributed by atoms with Crippen LogP contribution in [0, 0.1) is 12.3 Å². The number of carbonyl (C=O) groups excluding carboxylic acids is 2. The second-order valence-corrected chi connectivity index (χ2v) is 6.11. The van der Waals surface area contributed by atoms with E-state index in [1.807, 2.05) is 12.1 Å². The number of carbonyl (C=O) groups is 2. The minimum absolute atomic E-state index is 0.151. The van der Waals surface area contributed by atoms with E-state index in [1.165, 1.54) is 19.1 Å². The number of benzene rings is 2. The van der Waals surface area contributed by atoms with Gasteiger partial charge in [-0.25, -0.2) is 0 Å². The molecule has 0 saturated heterocycles. The first-order valence-electron chi connectivity index (χ1n) is 9.00. The van der Waals surface area contributed by atoms with Crippen LogP contribution in [0.2, 0.25) is 0 Å². The number of hydrogen-bond acceptors (Lipinski definition) is 4. The van der Waals surface area contributed by atoms with E-state index >= 15 is 0 Å². The molecule has 0 bridgehead atoms. The van der Waals surface area contributed by atoms with Crippen molar-refractivity contribution in [3.05, 3.63) is 66.2 Å². The Kier molecular flexibility index (Phi) is 7.87. The molecule has 2 amide bonds. The fourth-order valence-electron chi connectivity index (χ4n) is 2.65. The largest absolute Gasteiger partial charge is 0.493 e. The predicted octanol–water partition coefficient (Wildman–Crippen LogP) is 2.56. The maximum absolute atomic E-state index is 12.9. The number of rotatable bonds is 9. The summed E-state index contributed by atoms with van der Waals surface area (Å²) in [4.78, 5) is 26.1. The SMILES string of the molecule is C#Cc1cccc(N(CC(=O)NC)C(=O)COc2ccc(CC=C)cc2OC)c1. The molecule has 1 N–H and O–H groups in total. The van der Waals surface area contributed by atoms with E-state index in [9.17, 15) is 9.59 Å². The number of nitrogens with one attached hydrogen (secondary N) is 1. The molecule has 6 nitrogen and oxygen atoms in total. The molecule has 6 heteroatoms. The van der Waals surface area contributed by atoms with Crippen molar-refractivity contribution < 1.29 is 19.1 Å². The Bertz CT molecular complexity index is 931. The van der Waals surface area contributed by atoms with Crippen LogP contribution in [0.3, 0.4) is 0 Å². The summed E-state index contributed by atoms with van der Waals surface area (Å²) in [5, 5.41) is 2.52. The van der Waals surface area contributed by atoms with Gasteiger partial charge in [0.05, 0.1) is 7.11 Å². The summed E-state index contributed by atoms with van der Waals surface area (Å²) >= 11 is 0. The van der Waals surface area contributed by atoms with E-state index in [4.69, 9.17) is 15.9 Å². The van der Waals surface area contributed by atoms with Crippen LogP contribution < -0.4 is 19.7 Å². The fourth-order valence-corrected chi connectivity index (χ4v) is 2.65. The van der Waals surface area contributed by atoms with Gasteiger partial charge in [-0.05, 0) is 42.3 Å². The van der Waals surface area contributed by atoms with E-state index in [2.05, 4.69) is 17.8 Å². The van der Waals surface area contributed by atoms with Crippen LogP contribution >= 0.6 is 0 Å². The quantitative estimate of drug-likeness (QED) is 0.526. The van der Waals surface area contributed by atoms with Crippen LogP contribution in [0.4, 0.5) is 5.69 Å². The highest BCUT2D eigenvalue weighted by Gasteiger charge is 2.20. The minimum atomic E-state index is -0.389. The summed E-state index contributed by atoms with van der Waals surface area (Å²) < 4.78 is 11.0. The molecule has 0 aliphatic carbocycles. The van der Waals surface area contributed by atoms with Gasteiger partial charge < -0.3 is 19.7 Å². The standard InChI is InChI=1S/C23H24N2O4/c1-5-8-18-11-12-20(21(14-18)28-4)29-16-23(27)25(15-22(26)24-3)19-10-7-9-17(6-2)13-19/h2,5,7,9-14H,1,8,15-16H2,3-4H3,(H,24,26). The summed E-state index contributed by atoms with van der Waals surface area (Å²) in [5.41, 5.74) is 2.14. The molecule has 0 saturated carbocycles. The molecule has 0 aromatic heterocycles. The lowest BCUT2D eigenvalue weighted by molar-refractivity contribution is -0.124. The number of nitrogens with zero attached hydrogens (tertiary/aromatic N) is 1. The topological polar surface area (TPSA) is 67.9 Å². The van der Waals surface area contributed by atoms with Crippen molar-refractivity contribution >= 4 is 17.5 Å². The Morgan fingerprint density at radius 2 is 2.03 bits per heavy atom. The first-order valence-corrected chi connectivity index (χ1v) is 9.00. The lowest BCUT2D eigenvalue weighted by Gasteiger charge is -2.22. The zero-order valence-corrected chi connectivity index (χ0v) is 16.6. The third-order valence-electron chi connectivity index (χ3n) is 4.17. The monoisotopic (exact) mass is 392 g/mol. The van der Waals surface area contributed by atoms with Gasteiger partial charge in [0, 0.05) is 18.3 Å². The molecule has 0 aliphatic rings. The van der Waals surface area contributed by atoms with Crippen molar-refractivity contribution in [1.82, 2.24) is 5.32 Å². The number of anilines is 1. The zero-order chi connectivity index (χ0) is 21.2. The van der Waals surface area contributed by atoms with Crippen LogP contribution in [0.1, 0.15) is 11.1 Å². The maximum atomic E-state index is 12.9. The lowest BCUT2D eigenvalue weighted by atomic mass is 10.1. The molecule has 0 fully saturated rings. The van der Waals surface area contributed by atoms with Crippen LogP contribution in [0.5, 0.6) is 11.5 Å². The van der Waals surface area contributed by atoms with E-state index in [-0.39, 0.29) is 25.0 Å². The van der Waals surface area contributed by atoms with Crippen molar-refractivity contribution in [1.29, 1.82) is 0 Å². The van der Waals surface area contributed by atoms with Crippen LogP contribution in [0.25, 0.3) is 0 Å². The lowest BCUT2D eigenvalue weighted by Crippen LogP contribution is -2.42. The van der Waals surface area contributed by atoms with Crippen molar-refractivity contribution in [3.63, 3.8) is 0 Å². The van der Waals surface area contributed by atoms with E-state index in [0.29, 0.717) is 29.2 Å². The molecule has 29 heavy (non-hydrogen) atoms. The average Bonchev–Trinajstić information content (AvgIpc) is 2.76. The van der Waals surface area contributed by atoms with Gasteiger partial charge in [-0.1, -0.05) is 24.1 Å². The number of likely N-dealkylation sites (N-methyl/N-ethyl adjacent to an activating group) is 1. The Balaban J connectivity index is 2.20. The maximum Gasteiger partial charge on any atom is 0.265 e. The molecule has 0 radical (unpaired) electrons. The molecule has 0 spiro atoms. The molecule has 0 atom stereocenters. The van der Waals surface area contributed by atoms with Crippen LogP contribution in [0.15, 0.2) is 55.1 Å². The Labute approximate surface area is 171 Å². The van der Waals surface area contributed by atoms with Gasteiger partial charge in [0.2, 0.25) is 5.91 Å². The summed E-state index contributed by atoms with van der Waals surface area (Å²) in [7, 11) is 3.04. The normalized spacial score (nSPS) is 9.83. The molecule has 0 heterocycles. The zero-order valence-electron chi connectivity index (χ0n) is 16.6. The molecule has 0 aliphatic heterocycles. The van der Waals surface area contributed by atoms with Gasteiger partial charge in [-0.15, -0.1) is 13.0 Å². The molecule has 2 rings (SSSR count). The second-order valence-electron chi connectivity index (χ2n) is 6.11. The van der Waals surface area contributed by atoms with Gasteiger partial charge in [0.1, 0.15) is 6.54 Å². The number of amides is 2. The third kappa shape index (κ3) is 5.88. The van der Waals surface area contributed by atoms with Gasteiger partial charge in [-0.3, -0.25) is 9.59 Å². The molecule has 150 valence electrons. The van der Waals surface area contributed by atoms with Crippen molar-refractivity contribution in [3.8, 4) is 23.8 Å². The van der Waals surface area contributed by atoms with E-state index in [1.54, 1.807) is 36.4 Å². The van der Waals surface area contributed by atoms with Gasteiger partial charge in [0.15, 0.2) is 18.1 Å². The highest BCUT2D eigenvalue weighted by molar-refractivity contribution is 5.99. The molecular weight excluding hydrogens is 368 g/mol. The fraction of sp³-hybridized carbons (Fsp3) is 0.217. The van der Waals surface area contributed by atoms with E-state index in [0.717, 1.165) is 5.56 Å². The first kappa shape index (κ1) is 21.6. The van der Waals surface area contributed by atoms with Gasteiger partial charge in [0.25, 0.3) is 5.91 Å². The van der Waals surface area contributed by atoms with Crippen molar-refractivity contribution in [2.75, 3.05) is 32.2 Å². The smallest absolute Gasteiger partial charge is 0.265 e. The summed E-state index contributed by atoms with van der Waals surface area (Å²) in [5.74, 6) is 2.78. The first-order chi connectivity index (χ1) is 14.0. The molecule has 0 unspecified atom stereocenters. The highest BCUT2D eigenvalue weighted by atomic mass is 16.5. The number of ether oxygens (including phenoxy) is 2. The molecule has 2 aromatic carbocycles. The van der Waals surface area contributed by atoms with Crippen molar-refractivity contribution in [2.45, 2.75) is 6.42 Å². The predicted molar refractivity (Wildman–Crippen MR) is 113 cm³/mol. The molecule has 2 aromatic rings. The van der Waals surface area contributed by atoms with Crippen LogP contribution in [-0.4, -0.2) is 39.1 Å². The van der Waals surface area contributed by atoms with Gasteiger partial charge >= 0.3 is 0 Å². The number of hydrogen-bond donors (Lipinski definition) is 1. The van der Waals surface area contributed by atoms with Crippen molar-refractivity contribution in [2.24, 2.45) is 0 Å². The van der Waals surface area contributed by atoms with Gasteiger partial charge in [-0.2, -0.15) is 0 Å². The Hall–Kier alpha value is -3.72. The summed E-state index contributed by atoms with van der Waals surface area (Å²) in [6, 6.07) is 12.3. The number of terminal acetylenes is 1. The summed E-state index contributed by atoms with van der Waals surface area (Å²) in [6.45, 7) is 3.30. The van der Waals surface area contributed by atoms with Crippen LogP contribution in [-0.2, 0) is 16.0 Å². The minimum Gasteiger partial charge on any atom is -0.493 e. The average molecular weight is 392 g/mol. The summed E-state index contributed by atoms with van der Waals surface area (Å²) in [6.07, 6.45) is 7.93. The number of methoxy groups -OCH3 is 1. The number of allylic oxidation sites excluding steroid dienone is 1. The Morgan fingerprint density at radius 3 is 2.69 bits per heavy atom.